The molecule has 0 radical (unpaired) electrons. The van der Waals surface area contributed by atoms with E-state index >= 15 is 0 Å². The number of aromatic nitrogens is 3. The van der Waals surface area contributed by atoms with Crippen LogP contribution in [0.25, 0.3) is 11.5 Å². The Balaban J connectivity index is 2.31. The van der Waals surface area contributed by atoms with Crippen molar-refractivity contribution in [3.63, 3.8) is 0 Å². The van der Waals surface area contributed by atoms with Gasteiger partial charge in [-0.15, -0.1) is 0 Å². The van der Waals surface area contributed by atoms with Crippen molar-refractivity contribution in [2.75, 3.05) is 6.54 Å². The fraction of sp³-hybridized carbons (Fsp3) is 0.357. The average Bonchev–Trinajstić information content (AvgIpc) is 2.38. The third kappa shape index (κ3) is 3.88. The molecule has 4 nitrogen and oxygen atoms in total. The van der Waals surface area contributed by atoms with Crippen molar-refractivity contribution < 1.29 is 0 Å². The molecule has 6 heteroatoms. The lowest BCUT2D eigenvalue weighted by Gasteiger charge is -2.07. The fourth-order valence-corrected chi connectivity index (χ4v) is 2.27. The van der Waals surface area contributed by atoms with Crippen LogP contribution in [0.4, 0.5) is 0 Å². The number of pyridine rings is 1. The molecule has 20 heavy (non-hydrogen) atoms. The summed E-state index contributed by atoms with van der Waals surface area (Å²) in [5.41, 5.74) is 2.36. The summed E-state index contributed by atoms with van der Waals surface area (Å²) in [6.07, 6.45) is 2.63. The highest BCUT2D eigenvalue weighted by atomic mass is 35.5. The van der Waals surface area contributed by atoms with E-state index in [1.807, 2.05) is 13.0 Å². The molecule has 2 aromatic rings. The van der Waals surface area contributed by atoms with Gasteiger partial charge in [-0.1, -0.05) is 30.1 Å². The highest BCUT2D eigenvalue weighted by Crippen LogP contribution is 2.25. The molecule has 0 amide bonds. The molecule has 0 aliphatic rings. The Morgan fingerprint density at radius 2 is 2.00 bits per heavy atom. The molecule has 1 N–H and O–H groups in total. The van der Waals surface area contributed by atoms with Crippen molar-refractivity contribution >= 4 is 23.2 Å². The summed E-state index contributed by atoms with van der Waals surface area (Å²) in [7, 11) is 0. The molecule has 0 aliphatic carbocycles. The zero-order valence-electron chi connectivity index (χ0n) is 11.5. The van der Waals surface area contributed by atoms with E-state index in [9.17, 15) is 0 Å². The molecule has 0 aromatic carbocycles. The van der Waals surface area contributed by atoms with Gasteiger partial charge in [0.2, 0.25) is 0 Å². The molecule has 106 valence electrons. The van der Waals surface area contributed by atoms with E-state index in [4.69, 9.17) is 23.2 Å². The van der Waals surface area contributed by atoms with Gasteiger partial charge in [-0.2, -0.15) is 0 Å². The molecule has 2 aromatic heterocycles. The highest BCUT2D eigenvalue weighted by Gasteiger charge is 2.11. The molecule has 0 atom stereocenters. The molecular formula is C14H16Cl2N4. The Morgan fingerprint density at radius 1 is 1.20 bits per heavy atom. The number of halogens is 2. The van der Waals surface area contributed by atoms with E-state index in [-0.39, 0.29) is 0 Å². The van der Waals surface area contributed by atoms with Crippen LogP contribution in [-0.2, 0) is 6.54 Å². The summed E-state index contributed by atoms with van der Waals surface area (Å²) in [5, 5.41) is 4.27. The number of nitrogens with zero attached hydrogens (tertiary/aromatic N) is 3. The molecule has 0 fully saturated rings. The molecule has 2 rings (SSSR count). The summed E-state index contributed by atoms with van der Waals surface area (Å²) < 4.78 is 0. The second-order valence-corrected chi connectivity index (χ2v) is 5.33. The molecule has 0 saturated heterocycles. The van der Waals surface area contributed by atoms with Crippen LogP contribution < -0.4 is 5.32 Å². The number of nitrogens with one attached hydrogen (secondary N) is 1. The summed E-state index contributed by atoms with van der Waals surface area (Å²) in [4.78, 5) is 13.1. The van der Waals surface area contributed by atoms with Gasteiger partial charge in [-0.3, -0.25) is 0 Å². The Hall–Kier alpha value is -1.23. The van der Waals surface area contributed by atoms with Gasteiger partial charge in [0.1, 0.15) is 5.69 Å². The molecule has 2 heterocycles. The molecule has 0 aliphatic heterocycles. The summed E-state index contributed by atoms with van der Waals surface area (Å²) in [6.45, 7) is 5.72. The van der Waals surface area contributed by atoms with E-state index in [2.05, 4.69) is 27.2 Å². The van der Waals surface area contributed by atoms with Crippen LogP contribution in [0.2, 0.25) is 10.0 Å². The van der Waals surface area contributed by atoms with Gasteiger partial charge in [-0.05, 0) is 32.0 Å². The van der Waals surface area contributed by atoms with Crippen molar-refractivity contribution in [1.29, 1.82) is 0 Å². The molecule has 0 unspecified atom stereocenters. The van der Waals surface area contributed by atoms with Crippen molar-refractivity contribution in [3.05, 3.63) is 39.8 Å². The standard InChI is InChI=1S/C14H16Cl2N4/c1-3-4-17-8-11-5-9(2)19-14(20-11)13-12(16)6-10(15)7-18-13/h5-7,17H,3-4,8H2,1-2H3. The predicted molar refractivity (Wildman–Crippen MR) is 82.0 cm³/mol. The summed E-state index contributed by atoms with van der Waals surface area (Å²) in [5.74, 6) is 0.528. The van der Waals surface area contributed by atoms with Gasteiger partial charge in [0.15, 0.2) is 5.82 Å². The van der Waals surface area contributed by atoms with Gasteiger partial charge < -0.3 is 5.32 Å². The van der Waals surface area contributed by atoms with Crippen LogP contribution in [-0.4, -0.2) is 21.5 Å². The van der Waals surface area contributed by atoms with Crippen LogP contribution in [0.3, 0.4) is 0 Å². The van der Waals surface area contributed by atoms with E-state index in [0.29, 0.717) is 28.1 Å². The first-order valence-corrected chi connectivity index (χ1v) is 7.22. The van der Waals surface area contributed by atoms with Crippen LogP contribution in [0.15, 0.2) is 18.3 Å². The third-order valence-electron chi connectivity index (χ3n) is 2.66. The maximum atomic E-state index is 6.15. The largest absolute Gasteiger partial charge is 0.311 e. The van der Waals surface area contributed by atoms with Gasteiger partial charge in [0, 0.05) is 18.4 Å². The SMILES string of the molecule is CCCNCc1cc(C)nc(-c2ncc(Cl)cc2Cl)n1. The summed E-state index contributed by atoms with van der Waals surface area (Å²) >= 11 is 12.0. The van der Waals surface area contributed by atoms with Gasteiger partial charge in [0.05, 0.1) is 15.7 Å². The third-order valence-corrected chi connectivity index (χ3v) is 3.15. The van der Waals surface area contributed by atoms with Crippen molar-refractivity contribution in [1.82, 2.24) is 20.3 Å². The number of aryl methyl sites for hydroxylation is 1. The van der Waals surface area contributed by atoms with Crippen LogP contribution in [0.1, 0.15) is 24.7 Å². The van der Waals surface area contributed by atoms with Crippen LogP contribution >= 0.6 is 23.2 Å². The minimum atomic E-state index is 0.454. The zero-order chi connectivity index (χ0) is 14.5. The highest BCUT2D eigenvalue weighted by molar-refractivity contribution is 6.35. The van der Waals surface area contributed by atoms with E-state index in [1.54, 1.807) is 12.3 Å². The minimum absolute atomic E-state index is 0.454. The summed E-state index contributed by atoms with van der Waals surface area (Å²) in [6, 6.07) is 3.60. The smallest absolute Gasteiger partial charge is 0.180 e. The normalized spacial score (nSPS) is 10.8. The predicted octanol–water partition coefficient (Wildman–Crippen LogP) is 3.65. The van der Waals surface area contributed by atoms with E-state index < -0.39 is 0 Å². The quantitative estimate of drug-likeness (QED) is 0.856. The minimum Gasteiger partial charge on any atom is -0.311 e. The maximum Gasteiger partial charge on any atom is 0.180 e. The van der Waals surface area contributed by atoms with Gasteiger partial charge in [-0.25, -0.2) is 15.0 Å². The Bertz CT molecular complexity index is 602. The van der Waals surface area contributed by atoms with Crippen molar-refractivity contribution in [3.8, 4) is 11.5 Å². The Morgan fingerprint density at radius 3 is 2.70 bits per heavy atom. The van der Waals surface area contributed by atoms with Crippen molar-refractivity contribution in [2.45, 2.75) is 26.8 Å². The number of hydrogen-bond donors (Lipinski definition) is 1. The first-order valence-electron chi connectivity index (χ1n) is 6.47. The lowest BCUT2D eigenvalue weighted by atomic mass is 10.2. The van der Waals surface area contributed by atoms with E-state index in [0.717, 1.165) is 24.4 Å². The average molecular weight is 311 g/mol. The lowest BCUT2D eigenvalue weighted by molar-refractivity contribution is 0.662. The Kier molecular flexibility index (Phi) is 5.29. The van der Waals surface area contributed by atoms with Gasteiger partial charge in [0.25, 0.3) is 0 Å². The monoisotopic (exact) mass is 310 g/mol. The van der Waals surface area contributed by atoms with Crippen LogP contribution in [0.5, 0.6) is 0 Å². The number of rotatable bonds is 5. The van der Waals surface area contributed by atoms with Crippen molar-refractivity contribution in [2.24, 2.45) is 0 Å². The fourth-order valence-electron chi connectivity index (χ4n) is 1.80. The Labute approximate surface area is 128 Å². The van der Waals surface area contributed by atoms with Crippen LogP contribution in [0, 0.1) is 6.92 Å². The molecule has 0 saturated carbocycles. The van der Waals surface area contributed by atoms with E-state index in [1.165, 1.54) is 0 Å². The number of hydrogen-bond acceptors (Lipinski definition) is 4. The molecular weight excluding hydrogens is 295 g/mol. The second kappa shape index (κ2) is 6.97. The first-order chi connectivity index (χ1) is 9.60. The molecule has 0 bridgehead atoms. The lowest BCUT2D eigenvalue weighted by Crippen LogP contribution is -2.15. The zero-order valence-corrected chi connectivity index (χ0v) is 13.0. The maximum absolute atomic E-state index is 6.15. The topological polar surface area (TPSA) is 50.7 Å². The molecule has 0 spiro atoms. The second-order valence-electron chi connectivity index (χ2n) is 4.49. The first kappa shape index (κ1) is 15.2. The van der Waals surface area contributed by atoms with Gasteiger partial charge >= 0.3 is 0 Å².